The first-order valence-corrected chi connectivity index (χ1v) is 7.42. The third-order valence-corrected chi connectivity index (χ3v) is 4.26. The molecule has 0 aromatic heterocycles. The molecular weight excluding hydrogens is 320 g/mol. The van der Waals surface area contributed by atoms with Gasteiger partial charge in [0.15, 0.2) is 5.75 Å². The van der Waals surface area contributed by atoms with Crippen LogP contribution in [-0.4, -0.2) is 18.4 Å². The summed E-state index contributed by atoms with van der Waals surface area (Å²) in [6, 6.07) is 8.94. The zero-order valence-corrected chi connectivity index (χ0v) is 11.9. The lowest BCUT2D eigenvalue weighted by Gasteiger charge is -2.09. The fourth-order valence-electron chi connectivity index (χ4n) is 1.56. The van der Waals surface area contributed by atoms with Gasteiger partial charge in [0, 0.05) is 6.07 Å². The van der Waals surface area contributed by atoms with E-state index in [1.165, 1.54) is 12.1 Å². The Bertz CT molecular complexity index is 807. The van der Waals surface area contributed by atoms with Gasteiger partial charge in [-0.25, -0.2) is 8.42 Å². The van der Waals surface area contributed by atoms with Crippen molar-refractivity contribution >= 4 is 33.0 Å². The molecule has 0 bridgehead atoms. The van der Waals surface area contributed by atoms with Crippen molar-refractivity contribution in [3.63, 3.8) is 0 Å². The van der Waals surface area contributed by atoms with Gasteiger partial charge in [0.25, 0.3) is 10.0 Å². The van der Waals surface area contributed by atoms with Gasteiger partial charge < -0.3 is 5.11 Å². The van der Waals surface area contributed by atoms with Crippen LogP contribution in [0.4, 0.5) is 11.4 Å². The van der Waals surface area contributed by atoms with E-state index in [2.05, 4.69) is 4.72 Å². The van der Waals surface area contributed by atoms with Gasteiger partial charge >= 0.3 is 5.69 Å². The number of aromatic hydroxyl groups is 1. The number of hydrogen-bond donors (Lipinski definition) is 2. The number of para-hydroxylation sites is 1. The van der Waals surface area contributed by atoms with E-state index in [4.69, 9.17) is 11.6 Å². The molecule has 2 N–H and O–H groups in total. The second-order valence-corrected chi connectivity index (χ2v) is 6.08. The molecule has 0 aliphatic heterocycles. The maximum Gasteiger partial charge on any atom is 0.312 e. The number of phenolic OH excluding ortho intramolecular Hbond substituents is 1. The van der Waals surface area contributed by atoms with Crippen LogP contribution in [0.15, 0.2) is 47.4 Å². The molecule has 2 aromatic rings. The molecular formula is C12H9ClN2O5S. The van der Waals surface area contributed by atoms with E-state index in [0.717, 1.165) is 18.2 Å². The molecule has 110 valence electrons. The van der Waals surface area contributed by atoms with Crippen molar-refractivity contribution in [2.24, 2.45) is 0 Å². The lowest BCUT2D eigenvalue weighted by molar-refractivity contribution is -0.386. The van der Waals surface area contributed by atoms with Crippen LogP contribution in [0.3, 0.4) is 0 Å². The average molecular weight is 329 g/mol. The fourth-order valence-corrected chi connectivity index (χ4v) is 2.90. The number of halogens is 1. The number of anilines is 1. The zero-order valence-electron chi connectivity index (χ0n) is 10.4. The lowest BCUT2D eigenvalue weighted by Crippen LogP contribution is -2.13. The predicted octanol–water partition coefficient (Wildman–Crippen LogP) is 2.75. The quantitative estimate of drug-likeness (QED) is 0.662. The normalized spacial score (nSPS) is 11.1. The Balaban J connectivity index is 2.43. The summed E-state index contributed by atoms with van der Waals surface area (Å²) in [6.07, 6.45) is 0. The van der Waals surface area contributed by atoms with E-state index >= 15 is 0 Å². The number of nitro groups is 1. The van der Waals surface area contributed by atoms with E-state index < -0.39 is 26.4 Å². The Labute approximate surface area is 125 Å². The summed E-state index contributed by atoms with van der Waals surface area (Å²) in [5.74, 6) is -0.614. The molecule has 0 saturated heterocycles. The van der Waals surface area contributed by atoms with Gasteiger partial charge in [-0.1, -0.05) is 23.7 Å². The summed E-state index contributed by atoms with van der Waals surface area (Å²) >= 11 is 5.85. The summed E-state index contributed by atoms with van der Waals surface area (Å²) in [7, 11) is -4.06. The van der Waals surface area contributed by atoms with Crippen molar-refractivity contribution in [2.45, 2.75) is 4.90 Å². The number of nitrogens with one attached hydrogen (secondary N) is 1. The highest BCUT2D eigenvalue weighted by molar-refractivity contribution is 7.92. The van der Waals surface area contributed by atoms with Crippen LogP contribution in [0.2, 0.25) is 5.02 Å². The highest BCUT2D eigenvalue weighted by Crippen LogP contribution is 2.30. The SMILES string of the molecule is O=[N+]([O-])c1cc(S(=O)(=O)Nc2ccccc2Cl)ccc1O. The monoisotopic (exact) mass is 328 g/mol. The minimum atomic E-state index is -4.06. The third-order valence-electron chi connectivity index (χ3n) is 2.57. The molecule has 7 nitrogen and oxygen atoms in total. The van der Waals surface area contributed by atoms with Crippen molar-refractivity contribution in [1.29, 1.82) is 0 Å². The van der Waals surface area contributed by atoms with Gasteiger partial charge in [-0.15, -0.1) is 0 Å². The number of phenols is 1. The first-order valence-electron chi connectivity index (χ1n) is 5.56. The largest absolute Gasteiger partial charge is 0.502 e. The van der Waals surface area contributed by atoms with Crippen LogP contribution in [-0.2, 0) is 10.0 Å². The topological polar surface area (TPSA) is 110 Å². The van der Waals surface area contributed by atoms with Gasteiger partial charge in [-0.2, -0.15) is 0 Å². The summed E-state index contributed by atoms with van der Waals surface area (Å²) in [5.41, 5.74) is -0.549. The van der Waals surface area contributed by atoms with E-state index in [9.17, 15) is 23.6 Å². The van der Waals surface area contributed by atoms with Crippen molar-refractivity contribution in [3.8, 4) is 5.75 Å². The molecule has 0 fully saturated rings. The Kier molecular flexibility index (Phi) is 4.01. The number of hydrogen-bond acceptors (Lipinski definition) is 5. The van der Waals surface area contributed by atoms with Gasteiger partial charge in [-0.3, -0.25) is 14.8 Å². The van der Waals surface area contributed by atoms with Crippen LogP contribution >= 0.6 is 11.6 Å². The van der Waals surface area contributed by atoms with Gasteiger partial charge in [0.1, 0.15) is 0 Å². The van der Waals surface area contributed by atoms with Crippen molar-refractivity contribution in [1.82, 2.24) is 0 Å². The smallest absolute Gasteiger partial charge is 0.312 e. The first-order chi connectivity index (χ1) is 9.81. The molecule has 2 aromatic carbocycles. The van der Waals surface area contributed by atoms with E-state index in [1.54, 1.807) is 12.1 Å². The summed E-state index contributed by atoms with van der Waals surface area (Å²) < 4.78 is 26.6. The third kappa shape index (κ3) is 3.23. The Morgan fingerprint density at radius 1 is 1.19 bits per heavy atom. The second-order valence-electron chi connectivity index (χ2n) is 3.99. The van der Waals surface area contributed by atoms with Crippen LogP contribution in [0, 0.1) is 10.1 Å². The maximum atomic E-state index is 12.2. The average Bonchev–Trinajstić information content (AvgIpc) is 2.41. The molecule has 0 spiro atoms. The lowest BCUT2D eigenvalue weighted by atomic mass is 10.3. The molecule has 2 rings (SSSR count). The standard InChI is InChI=1S/C12H9ClN2O5S/c13-9-3-1-2-4-10(9)14-21(19,20)8-5-6-12(16)11(7-8)15(17)18/h1-7,14,16H. The van der Waals surface area contributed by atoms with Crippen LogP contribution in [0.1, 0.15) is 0 Å². The molecule has 21 heavy (non-hydrogen) atoms. The van der Waals surface area contributed by atoms with Crippen LogP contribution in [0.5, 0.6) is 5.75 Å². The second kappa shape index (κ2) is 5.58. The first kappa shape index (κ1) is 15.1. The molecule has 0 aliphatic carbocycles. The molecule has 0 radical (unpaired) electrons. The maximum absolute atomic E-state index is 12.2. The molecule has 9 heteroatoms. The van der Waals surface area contributed by atoms with Gasteiger partial charge in [0.2, 0.25) is 0 Å². The summed E-state index contributed by atoms with van der Waals surface area (Å²) in [5, 5.41) is 20.2. The Hall–Kier alpha value is -2.32. The molecule has 0 unspecified atom stereocenters. The number of nitrogens with zero attached hydrogens (tertiary/aromatic N) is 1. The highest BCUT2D eigenvalue weighted by atomic mass is 35.5. The van der Waals surface area contributed by atoms with E-state index in [1.807, 2.05) is 0 Å². The molecule has 0 amide bonds. The van der Waals surface area contributed by atoms with Crippen LogP contribution < -0.4 is 4.72 Å². The molecule has 0 atom stereocenters. The minimum absolute atomic E-state index is 0.148. The number of sulfonamides is 1. The van der Waals surface area contributed by atoms with E-state index in [-0.39, 0.29) is 15.6 Å². The number of nitro benzene ring substituents is 1. The molecule has 0 saturated carbocycles. The highest BCUT2D eigenvalue weighted by Gasteiger charge is 2.21. The number of rotatable bonds is 4. The number of benzene rings is 2. The van der Waals surface area contributed by atoms with Crippen molar-refractivity contribution < 1.29 is 18.4 Å². The summed E-state index contributed by atoms with van der Waals surface area (Å²) in [6.45, 7) is 0. The molecule has 0 heterocycles. The fraction of sp³-hybridized carbons (Fsp3) is 0. The minimum Gasteiger partial charge on any atom is -0.502 e. The molecule has 0 aliphatic rings. The summed E-state index contributed by atoms with van der Waals surface area (Å²) in [4.78, 5) is 9.50. The Morgan fingerprint density at radius 3 is 2.48 bits per heavy atom. The van der Waals surface area contributed by atoms with Crippen molar-refractivity contribution in [3.05, 3.63) is 57.6 Å². The van der Waals surface area contributed by atoms with Crippen molar-refractivity contribution in [2.75, 3.05) is 4.72 Å². The van der Waals surface area contributed by atoms with Crippen LogP contribution in [0.25, 0.3) is 0 Å². The van der Waals surface area contributed by atoms with E-state index in [0.29, 0.717) is 0 Å². The predicted molar refractivity (Wildman–Crippen MR) is 77.0 cm³/mol. The zero-order chi connectivity index (χ0) is 15.6. The van der Waals surface area contributed by atoms with Gasteiger partial charge in [-0.05, 0) is 24.3 Å². The van der Waals surface area contributed by atoms with Gasteiger partial charge in [0.05, 0.1) is 20.5 Å². The Morgan fingerprint density at radius 2 is 1.86 bits per heavy atom.